The van der Waals surface area contributed by atoms with Gasteiger partial charge in [-0.25, -0.2) is 10.9 Å². The maximum absolute atomic E-state index is 4.94. The predicted molar refractivity (Wildman–Crippen MR) is 254 cm³/mol. The average Bonchev–Trinajstić information content (AvgIpc) is 3.84. The standard InChI is InChI=1S/C38H34BP2.C8H19N.C4H8O.CH3.Pt/c1-7-19-33(20-8-1)39(34-21-9-2-10-22-34,31-40(35-23-11-3-12-24-35)36-25-13-4-14-26-36)32-41(37-27-15-5-16-28-37)38-29-17-6-18-30-38;1-6-9(7(2)3)8(4)5;1-2-4-5-3-1;;/h1-30H,31-32H2;7-8H,6H2,1-5H3;1-4H2;1H3;/q-1;;;-1;/p+1. The van der Waals surface area contributed by atoms with Crippen molar-refractivity contribution in [1.29, 1.82) is 0 Å². The fourth-order valence-corrected chi connectivity index (χ4v) is 14.2. The second-order valence-corrected chi connectivity index (χ2v) is 19.7. The van der Waals surface area contributed by atoms with Gasteiger partial charge in [-0.3, -0.25) is 0 Å². The zero-order valence-corrected chi connectivity index (χ0v) is 39.2. The van der Waals surface area contributed by atoms with E-state index < -0.39 is 22.0 Å². The van der Waals surface area contributed by atoms with E-state index >= 15 is 0 Å². The number of rotatable bonds is 13. The van der Waals surface area contributed by atoms with Gasteiger partial charge >= 0.3 is 0 Å². The van der Waals surface area contributed by atoms with Crippen LogP contribution in [0.25, 0.3) is 0 Å². The van der Waals surface area contributed by atoms with Gasteiger partial charge in [-0.05, 0) is 68.7 Å². The van der Waals surface area contributed by atoms with Crippen molar-refractivity contribution >= 4 is 54.1 Å². The molecule has 1 N–H and O–H groups in total. The molecule has 6 aromatic carbocycles. The van der Waals surface area contributed by atoms with E-state index in [1.807, 2.05) is 0 Å². The quantitative estimate of drug-likeness (QED) is 0.0697. The first kappa shape index (κ1) is 48.2. The number of ether oxygens (including phenoxy) is 1. The van der Waals surface area contributed by atoms with Gasteiger partial charge in [0.05, 0.1) is 24.8 Å². The minimum atomic E-state index is -1.16. The molecule has 1 heterocycles. The summed E-state index contributed by atoms with van der Waals surface area (Å²) < 4.78 is 4.94. The molecule has 0 spiro atoms. The van der Waals surface area contributed by atoms with Crippen LogP contribution in [0.3, 0.4) is 0 Å². The van der Waals surface area contributed by atoms with Gasteiger partial charge in [0.25, 0.3) is 0 Å². The first-order valence-corrected chi connectivity index (χ1v) is 23.5. The molecule has 1 fully saturated rings. The SMILES string of the molecule is C1CCOC1.CC[NH+](C(C)C)C(C)C.[CH3-].[Pt].c1ccc(P(C[B-](CP(c2ccccc2)c2ccccc2)(c2ccccc2)c2ccccc2)c2ccccc2)cc1. The number of benzene rings is 6. The first-order chi connectivity index (χ1) is 26.9. The fraction of sp³-hybridized carbons (Fsp3) is 0.275. The number of hydrogen-bond acceptors (Lipinski definition) is 1. The Labute approximate surface area is 363 Å². The molecule has 0 aromatic heterocycles. The van der Waals surface area contributed by atoms with Crippen molar-refractivity contribution in [3.05, 3.63) is 189 Å². The Bertz CT molecular complexity index is 1660. The van der Waals surface area contributed by atoms with Crippen LogP contribution in [-0.2, 0) is 25.8 Å². The Morgan fingerprint density at radius 3 is 0.930 bits per heavy atom. The molecule has 2 nitrogen and oxygen atoms in total. The van der Waals surface area contributed by atoms with Gasteiger partial charge in [-0.1, -0.05) is 198 Å². The molecule has 6 heteroatoms. The molecule has 0 unspecified atom stereocenters. The zero-order valence-electron chi connectivity index (χ0n) is 35.1. The molecule has 1 aliphatic rings. The second kappa shape index (κ2) is 26.1. The normalized spacial score (nSPS) is 12.3. The second-order valence-electron chi connectivity index (χ2n) is 15.2. The molecule has 57 heavy (non-hydrogen) atoms. The molecule has 0 atom stereocenters. The van der Waals surface area contributed by atoms with Gasteiger partial charge < -0.3 is 17.1 Å². The third-order valence-electron chi connectivity index (χ3n) is 10.9. The number of hydrogen-bond donors (Lipinski definition) is 1. The topological polar surface area (TPSA) is 13.7 Å². The van der Waals surface area contributed by atoms with E-state index in [0.717, 1.165) is 37.4 Å². The van der Waals surface area contributed by atoms with E-state index in [1.165, 1.54) is 51.5 Å². The molecule has 0 radical (unpaired) electrons. The summed E-state index contributed by atoms with van der Waals surface area (Å²) >= 11 is 0. The van der Waals surface area contributed by atoms with E-state index in [1.54, 1.807) is 4.90 Å². The Morgan fingerprint density at radius 2 is 0.737 bits per heavy atom. The molecule has 6 aromatic rings. The van der Waals surface area contributed by atoms with Crippen LogP contribution < -0.4 is 37.0 Å². The van der Waals surface area contributed by atoms with Crippen LogP contribution in [0.4, 0.5) is 0 Å². The number of nitrogens with one attached hydrogen (secondary N) is 1. The van der Waals surface area contributed by atoms with Gasteiger partial charge in [0.15, 0.2) is 0 Å². The van der Waals surface area contributed by atoms with Crippen LogP contribution in [-0.4, -0.2) is 50.1 Å². The first-order valence-electron chi connectivity index (χ1n) is 20.4. The summed E-state index contributed by atoms with van der Waals surface area (Å²) in [4.78, 5) is 1.69. The van der Waals surface area contributed by atoms with E-state index in [4.69, 9.17) is 4.74 Å². The Balaban J connectivity index is 0.000000463. The summed E-state index contributed by atoms with van der Waals surface area (Å²) in [7, 11) is -1.23. The van der Waals surface area contributed by atoms with Crippen molar-refractivity contribution in [2.75, 3.05) is 31.9 Å². The molecule has 0 aliphatic carbocycles. The average molecular weight is 976 g/mol. The number of quaternary nitrogens is 1. The van der Waals surface area contributed by atoms with Crippen LogP contribution >= 0.6 is 15.8 Å². The Hall–Kier alpha value is -3.15. The van der Waals surface area contributed by atoms with E-state index in [9.17, 15) is 0 Å². The molecule has 0 saturated carbocycles. The molecule has 7 rings (SSSR count). The van der Waals surface area contributed by atoms with Gasteiger partial charge in [0.1, 0.15) is 0 Å². The molecular weight excluding hydrogens is 910 g/mol. The molecule has 0 bridgehead atoms. The van der Waals surface area contributed by atoms with E-state index in [0.29, 0.717) is 0 Å². The van der Waals surface area contributed by atoms with Gasteiger partial charge in [-0.2, -0.15) is 0 Å². The largest absolute Gasteiger partial charge is 0.381 e. The summed E-state index contributed by atoms with van der Waals surface area (Å²) in [6, 6.07) is 71.4. The molecule has 1 aliphatic heterocycles. The van der Waals surface area contributed by atoms with Crippen LogP contribution in [0, 0.1) is 7.43 Å². The van der Waals surface area contributed by atoms with E-state index in [2.05, 4.69) is 217 Å². The van der Waals surface area contributed by atoms with Crippen molar-refractivity contribution in [3.63, 3.8) is 0 Å². The maximum atomic E-state index is 4.94. The Kier molecular flexibility index (Phi) is 22.0. The summed E-state index contributed by atoms with van der Waals surface area (Å²) in [5.41, 5.74) is 2.91. The predicted octanol–water partition coefficient (Wildman–Crippen LogP) is 8.55. The third-order valence-corrected chi connectivity index (χ3v) is 16.5. The molecule has 304 valence electrons. The van der Waals surface area contributed by atoms with Crippen molar-refractivity contribution in [1.82, 2.24) is 0 Å². The maximum Gasteiger partial charge on any atom is 0.0819 e. The minimum absolute atomic E-state index is 0. The third kappa shape index (κ3) is 14.3. The summed E-state index contributed by atoms with van der Waals surface area (Å²) in [5, 5.41) is 5.76. The zero-order chi connectivity index (χ0) is 38.7. The summed E-state index contributed by atoms with van der Waals surface area (Å²) in [5.74, 6) is 0. The molecular formula is C51H65BNOP2Pt-. The van der Waals surface area contributed by atoms with Crippen LogP contribution in [0.15, 0.2) is 182 Å². The van der Waals surface area contributed by atoms with Crippen molar-refractivity contribution in [3.8, 4) is 0 Å². The molecule has 0 amide bonds. The Morgan fingerprint density at radius 1 is 0.474 bits per heavy atom. The van der Waals surface area contributed by atoms with Crippen LogP contribution in [0.2, 0.25) is 0 Å². The van der Waals surface area contributed by atoms with Crippen LogP contribution in [0.1, 0.15) is 47.5 Å². The summed E-state index contributed by atoms with van der Waals surface area (Å²) in [6.07, 6.45) is 1.39. The van der Waals surface area contributed by atoms with Crippen molar-refractivity contribution in [2.24, 2.45) is 0 Å². The van der Waals surface area contributed by atoms with Crippen molar-refractivity contribution < 1.29 is 30.7 Å². The monoisotopic (exact) mass is 975 g/mol. The van der Waals surface area contributed by atoms with E-state index in [-0.39, 0.29) is 28.5 Å². The molecule has 1 saturated heterocycles. The smallest absolute Gasteiger partial charge is 0.0819 e. The van der Waals surface area contributed by atoms with Gasteiger partial charge in [0.2, 0.25) is 0 Å². The van der Waals surface area contributed by atoms with Crippen LogP contribution in [0.5, 0.6) is 0 Å². The summed E-state index contributed by atoms with van der Waals surface area (Å²) in [6.45, 7) is 14.6. The van der Waals surface area contributed by atoms with Gasteiger partial charge in [0, 0.05) is 34.3 Å². The van der Waals surface area contributed by atoms with Crippen molar-refractivity contribution in [2.45, 2.75) is 59.5 Å². The van der Waals surface area contributed by atoms with Gasteiger partial charge in [-0.15, -0.1) is 12.1 Å². The fourth-order valence-electron chi connectivity index (χ4n) is 8.08. The minimum Gasteiger partial charge on any atom is -0.381 e.